The molecule has 2 amide bonds. The van der Waals surface area contributed by atoms with Gasteiger partial charge in [0.1, 0.15) is 12.4 Å². The number of nitrogens with one attached hydrogen (secondary N) is 1. The lowest BCUT2D eigenvalue weighted by molar-refractivity contribution is -0.126. The topological polar surface area (TPSA) is 71.5 Å². The van der Waals surface area contributed by atoms with Crippen LogP contribution in [-0.4, -0.2) is 41.3 Å². The summed E-state index contributed by atoms with van der Waals surface area (Å²) in [5.41, 5.74) is 1.70. The van der Waals surface area contributed by atoms with Gasteiger partial charge in [-0.2, -0.15) is 0 Å². The number of ether oxygens (including phenoxy) is 1. The number of thiazole rings is 1. The molecule has 136 valence electrons. The molecule has 1 N–H and O–H groups in total. The molecule has 1 aromatic heterocycles. The van der Waals surface area contributed by atoms with Crippen LogP contribution in [0.4, 0.5) is 0 Å². The molecule has 1 unspecified atom stereocenters. The average molecular weight is 371 g/mol. The highest BCUT2D eigenvalue weighted by Gasteiger charge is 2.27. The van der Waals surface area contributed by atoms with Gasteiger partial charge in [-0.1, -0.05) is 18.2 Å². The second kappa shape index (κ2) is 8.14. The van der Waals surface area contributed by atoms with Crippen LogP contribution < -0.4 is 10.1 Å². The maximum Gasteiger partial charge on any atom is 0.244 e. The number of rotatable bonds is 6. The Hall–Kier alpha value is -2.67. The Morgan fingerprint density at radius 3 is 2.96 bits per heavy atom. The summed E-state index contributed by atoms with van der Waals surface area (Å²) in [4.78, 5) is 29.6. The van der Waals surface area contributed by atoms with Gasteiger partial charge in [0.15, 0.2) is 0 Å². The number of nitrogens with zero attached hydrogens (tertiary/aromatic N) is 2. The third-order valence-electron chi connectivity index (χ3n) is 4.06. The molecule has 0 spiro atoms. The van der Waals surface area contributed by atoms with Gasteiger partial charge < -0.3 is 15.0 Å². The van der Waals surface area contributed by atoms with E-state index in [-0.39, 0.29) is 17.9 Å². The third kappa shape index (κ3) is 4.70. The maximum atomic E-state index is 12.1. The quantitative estimate of drug-likeness (QED) is 0.792. The van der Waals surface area contributed by atoms with Crippen molar-refractivity contribution in [2.24, 2.45) is 0 Å². The van der Waals surface area contributed by atoms with E-state index in [4.69, 9.17) is 4.74 Å². The van der Waals surface area contributed by atoms with Crippen LogP contribution in [0, 0.1) is 6.92 Å². The number of likely N-dealkylation sites (N-methyl/N-ethyl adjacent to an activating group) is 1. The van der Waals surface area contributed by atoms with Gasteiger partial charge in [0.2, 0.25) is 11.8 Å². The van der Waals surface area contributed by atoms with Crippen LogP contribution >= 0.6 is 11.3 Å². The van der Waals surface area contributed by atoms with E-state index >= 15 is 0 Å². The molecule has 1 fully saturated rings. The largest absolute Gasteiger partial charge is 0.487 e. The van der Waals surface area contributed by atoms with Crippen LogP contribution in [0.25, 0.3) is 6.08 Å². The van der Waals surface area contributed by atoms with Crippen LogP contribution in [0.2, 0.25) is 0 Å². The first-order valence-corrected chi connectivity index (χ1v) is 9.24. The minimum Gasteiger partial charge on any atom is -0.487 e. The molecule has 2 heterocycles. The van der Waals surface area contributed by atoms with Crippen LogP contribution in [0.1, 0.15) is 22.7 Å². The van der Waals surface area contributed by atoms with E-state index in [0.29, 0.717) is 25.3 Å². The van der Waals surface area contributed by atoms with Crippen molar-refractivity contribution in [3.8, 4) is 5.75 Å². The van der Waals surface area contributed by atoms with Gasteiger partial charge in [-0.25, -0.2) is 4.98 Å². The molecule has 1 atom stereocenters. The van der Waals surface area contributed by atoms with Crippen molar-refractivity contribution in [2.45, 2.75) is 26.0 Å². The van der Waals surface area contributed by atoms with E-state index in [1.165, 1.54) is 6.08 Å². The Balaban J connectivity index is 1.59. The summed E-state index contributed by atoms with van der Waals surface area (Å²) < 4.78 is 5.84. The second-order valence-electron chi connectivity index (χ2n) is 6.20. The van der Waals surface area contributed by atoms with Crippen LogP contribution in [0.15, 0.2) is 35.7 Å². The van der Waals surface area contributed by atoms with E-state index in [1.54, 1.807) is 29.4 Å². The number of likely N-dealkylation sites (tertiary alicyclic amines) is 1. The third-order valence-corrected chi connectivity index (χ3v) is 4.89. The molecule has 0 bridgehead atoms. The summed E-state index contributed by atoms with van der Waals surface area (Å²) in [7, 11) is 1.74. The fourth-order valence-electron chi connectivity index (χ4n) is 2.75. The number of hydrogen-bond donors (Lipinski definition) is 1. The highest BCUT2D eigenvalue weighted by atomic mass is 32.1. The van der Waals surface area contributed by atoms with Crippen molar-refractivity contribution in [1.29, 1.82) is 0 Å². The van der Waals surface area contributed by atoms with E-state index in [2.05, 4.69) is 10.3 Å². The predicted octanol–water partition coefficient (Wildman–Crippen LogP) is 2.39. The van der Waals surface area contributed by atoms with Gasteiger partial charge in [-0.15, -0.1) is 11.3 Å². The number of hydrogen-bond acceptors (Lipinski definition) is 5. The van der Waals surface area contributed by atoms with Crippen molar-refractivity contribution >= 4 is 29.2 Å². The number of carbonyl (C=O) groups excluding carboxylic acids is 2. The molecule has 26 heavy (non-hydrogen) atoms. The fraction of sp³-hybridized carbons (Fsp3) is 0.316. The zero-order chi connectivity index (χ0) is 18.5. The van der Waals surface area contributed by atoms with Crippen molar-refractivity contribution in [3.05, 3.63) is 52.0 Å². The minimum absolute atomic E-state index is 0.0512. The van der Waals surface area contributed by atoms with Gasteiger partial charge in [0, 0.05) is 37.0 Å². The van der Waals surface area contributed by atoms with Crippen LogP contribution in [0.3, 0.4) is 0 Å². The van der Waals surface area contributed by atoms with Crippen LogP contribution in [-0.2, 0) is 16.2 Å². The normalized spacial score (nSPS) is 17.1. The molecule has 0 aliphatic carbocycles. The van der Waals surface area contributed by atoms with Gasteiger partial charge >= 0.3 is 0 Å². The van der Waals surface area contributed by atoms with Gasteiger partial charge in [-0.05, 0) is 19.1 Å². The van der Waals surface area contributed by atoms with E-state index in [1.807, 2.05) is 36.6 Å². The van der Waals surface area contributed by atoms with Gasteiger partial charge in [0.05, 0.1) is 16.7 Å². The molecule has 7 heteroatoms. The smallest absolute Gasteiger partial charge is 0.244 e. The monoisotopic (exact) mass is 371 g/mol. The number of para-hydroxylation sites is 1. The Labute approximate surface area is 156 Å². The number of aryl methyl sites for hydroxylation is 1. The zero-order valence-electron chi connectivity index (χ0n) is 14.8. The zero-order valence-corrected chi connectivity index (χ0v) is 15.6. The highest BCUT2D eigenvalue weighted by Crippen LogP contribution is 2.21. The molecule has 0 saturated carbocycles. The molecule has 1 aliphatic rings. The molecule has 3 rings (SSSR count). The first-order chi connectivity index (χ1) is 12.5. The average Bonchev–Trinajstić information content (AvgIpc) is 3.17. The van der Waals surface area contributed by atoms with Crippen molar-refractivity contribution in [1.82, 2.24) is 15.2 Å². The van der Waals surface area contributed by atoms with Crippen molar-refractivity contribution in [2.75, 3.05) is 13.6 Å². The standard InChI is InChI=1S/C19H21N3O3S/c1-13-20-16(12-26-13)11-25-17-6-4-3-5-14(17)7-8-18(23)21-15-9-19(24)22(2)10-15/h3-8,12,15H,9-11H2,1-2H3,(H,21,23)/b8-7+. The summed E-state index contributed by atoms with van der Waals surface area (Å²) in [6.07, 6.45) is 3.54. The van der Waals surface area contributed by atoms with E-state index < -0.39 is 0 Å². The first kappa shape index (κ1) is 18.1. The second-order valence-corrected chi connectivity index (χ2v) is 7.26. The number of benzene rings is 1. The molecule has 1 saturated heterocycles. The van der Waals surface area contributed by atoms with E-state index in [9.17, 15) is 9.59 Å². The molecule has 6 nitrogen and oxygen atoms in total. The number of carbonyl (C=O) groups is 2. The minimum atomic E-state index is -0.219. The molecule has 0 radical (unpaired) electrons. The Bertz CT molecular complexity index is 831. The van der Waals surface area contributed by atoms with E-state index in [0.717, 1.165) is 16.3 Å². The number of aromatic nitrogens is 1. The lowest BCUT2D eigenvalue weighted by atomic mass is 10.2. The van der Waals surface area contributed by atoms with Gasteiger partial charge in [-0.3, -0.25) is 9.59 Å². The van der Waals surface area contributed by atoms with Gasteiger partial charge in [0.25, 0.3) is 0 Å². The lowest BCUT2D eigenvalue weighted by Gasteiger charge is -2.11. The molecule has 1 aliphatic heterocycles. The molecule has 1 aromatic carbocycles. The fourth-order valence-corrected chi connectivity index (χ4v) is 3.35. The molecular weight excluding hydrogens is 350 g/mol. The summed E-state index contributed by atoms with van der Waals surface area (Å²) in [5.74, 6) is 0.524. The number of amides is 2. The van der Waals surface area contributed by atoms with Crippen LogP contribution in [0.5, 0.6) is 5.75 Å². The molecular formula is C19H21N3O3S. The predicted molar refractivity (Wildman–Crippen MR) is 101 cm³/mol. The Morgan fingerprint density at radius 2 is 2.27 bits per heavy atom. The summed E-state index contributed by atoms with van der Waals surface area (Å²) in [6, 6.07) is 7.39. The first-order valence-electron chi connectivity index (χ1n) is 8.36. The Morgan fingerprint density at radius 1 is 1.46 bits per heavy atom. The summed E-state index contributed by atoms with van der Waals surface area (Å²) in [5, 5.41) is 5.83. The maximum absolute atomic E-state index is 12.1. The molecule has 2 aromatic rings. The Kier molecular flexibility index (Phi) is 5.68. The van der Waals surface area contributed by atoms with Crippen molar-refractivity contribution < 1.29 is 14.3 Å². The SMILES string of the molecule is Cc1nc(COc2ccccc2/C=C/C(=O)NC2CC(=O)N(C)C2)cs1. The van der Waals surface area contributed by atoms with Crippen molar-refractivity contribution in [3.63, 3.8) is 0 Å². The lowest BCUT2D eigenvalue weighted by Crippen LogP contribution is -2.35. The summed E-state index contributed by atoms with van der Waals surface area (Å²) >= 11 is 1.59. The summed E-state index contributed by atoms with van der Waals surface area (Å²) in [6.45, 7) is 2.89. The highest BCUT2D eigenvalue weighted by molar-refractivity contribution is 7.09.